The molecule has 5 nitrogen and oxygen atoms in total. The lowest BCUT2D eigenvalue weighted by atomic mass is 10.2. The van der Waals surface area contributed by atoms with Crippen molar-refractivity contribution in [3.05, 3.63) is 29.8 Å². The van der Waals surface area contributed by atoms with Gasteiger partial charge < -0.3 is 10.6 Å². The number of nitrogen functional groups attached to an aromatic ring is 1. The van der Waals surface area contributed by atoms with Crippen molar-refractivity contribution >= 4 is 33.2 Å². The molecule has 0 spiro atoms. The van der Waals surface area contributed by atoms with E-state index in [1.165, 1.54) is 11.2 Å². The summed E-state index contributed by atoms with van der Waals surface area (Å²) in [5.41, 5.74) is 6.62. The molecular formula is C12H16N2O3S2. The predicted molar refractivity (Wildman–Crippen MR) is 77.8 cm³/mol. The summed E-state index contributed by atoms with van der Waals surface area (Å²) in [4.78, 5) is 13.8. The average Bonchev–Trinajstić information content (AvgIpc) is 2.38. The van der Waals surface area contributed by atoms with Gasteiger partial charge in [-0.2, -0.15) is 11.8 Å². The van der Waals surface area contributed by atoms with Gasteiger partial charge in [0.05, 0.1) is 0 Å². The van der Waals surface area contributed by atoms with Crippen LogP contribution in [0.15, 0.2) is 24.3 Å². The van der Waals surface area contributed by atoms with Crippen molar-refractivity contribution in [3.63, 3.8) is 0 Å². The molecule has 7 heteroatoms. The topological polar surface area (TPSA) is 80.5 Å². The molecule has 104 valence electrons. The maximum Gasteiger partial charge on any atom is 0.254 e. The maximum absolute atomic E-state index is 12.4. The fourth-order valence-electron chi connectivity index (χ4n) is 1.96. The van der Waals surface area contributed by atoms with Crippen LogP contribution in [0.3, 0.4) is 0 Å². The van der Waals surface area contributed by atoms with Crippen LogP contribution in [-0.2, 0) is 9.84 Å². The maximum atomic E-state index is 12.4. The minimum atomic E-state index is -3.28. The number of anilines is 1. The Morgan fingerprint density at radius 1 is 1.37 bits per heavy atom. The Bertz CT molecular complexity index is 569. The molecular weight excluding hydrogens is 284 g/mol. The van der Waals surface area contributed by atoms with Crippen LogP contribution < -0.4 is 5.73 Å². The van der Waals surface area contributed by atoms with Gasteiger partial charge in [-0.05, 0) is 24.3 Å². The molecule has 1 saturated heterocycles. The van der Waals surface area contributed by atoms with Gasteiger partial charge in [0.1, 0.15) is 5.37 Å². The summed E-state index contributed by atoms with van der Waals surface area (Å²) < 4.78 is 23.5. The van der Waals surface area contributed by atoms with Gasteiger partial charge in [0.2, 0.25) is 0 Å². The summed E-state index contributed by atoms with van der Waals surface area (Å²) in [5, 5.41) is -0.740. The minimum Gasteiger partial charge on any atom is -0.399 e. The molecule has 0 aromatic heterocycles. The monoisotopic (exact) mass is 300 g/mol. The van der Waals surface area contributed by atoms with Crippen LogP contribution in [0, 0.1) is 0 Å². The van der Waals surface area contributed by atoms with E-state index in [9.17, 15) is 13.2 Å². The molecule has 1 atom stereocenters. The second-order valence-corrected chi connectivity index (χ2v) is 7.83. The van der Waals surface area contributed by atoms with Crippen molar-refractivity contribution in [3.8, 4) is 0 Å². The SMILES string of the molecule is CS(=O)(=O)C1CSCCN1C(=O)c1ccc(N)cc1. The number of nitrogens with two attached hydrogens (primary N) is 1. The molecule has 1 heterocycles. The second-order valence-electron chi connectivity index (χ2n) is 4.48. The molecule has 0 aliphatic carbocycles. The molecule has 2 rings (SSSR count). The number of benzene rings is 1. The lowest BCUT2D eigenvalue weighted by molar-refractivity contribution is 0.0749. The van der Waals surface area contributed by atoms with E-state index in [2.05, 4.69) is 0 Å². The molecule has 1 aromatic rings. The van der Waals surface area contributed by atoms with E-state index in [0.717, 1.165) is 5.75 Å². The molecule has 1 aliphatic rings. The number of amides is 1. The van der Waals surface area contributed by atoms with Gasteiger partial charge >= 0.3 is 0 Å². The van der Waals surface area contributed by atoms with Gasteiger partial charge in [-0.25, -0.2) is 8.42 Å². The number of sulfone groups is 1. The standard InChI is InChI=1S/C12H16N2O3S2/c1-19(16,17)11-8-18-7-6-14(11)12(15)9-2-4-10(13)5-3-9/h2-5,11H,6-8,13H2,1H3. The number of carbonyl (C=O) groups is 1. The Morgan fingerprint density at radius 3 is 2.58 bits per heavy atom. The first-order chi connectivity index (χ1) is 8.89. The second kappa shape index (κ2) is 5.42. The van der Waals surface area contributed by atoms with E-state index >= 15 is 0 Å². The molecule has 19 heavy (non-hydrogen) atoms. The van der Waals surface area contributed by atoms with Crippen LogP contribution in [0.5, 0.6) is 0 Å². The largest absolute Gasteiger partial charge is 0.399 e. The highest BCUT2D eigenvalue weighted by molar-refractivity contribution is 8.00. The van der Waals surface area contributed by atoms with E-state index in [-0.39, 0.29) is 5.91 Å². The number of carbonyl (C=O) groups excluding carboxylic acids is 1. The Kier molecular flexibility index (Phi) is 4.05. The number of hydrogen-bond acceptors (Lipinski definition) is 5. The minimum absolute atomic E-state index is 0.254. The summed E-state index contributed by atoms with van der Waals surface area (Å²) in [7, 11) is -3.28. The van der Waals surface area contributed by atoms with Crippen molar-refractivity contribution in [2.75, 3.05) is 30.0 Å². The summed E-state index contributed by atoms with van der Waals surface area (Å²) in [6.07, 6.45) is 1.17. The van der Waals surface area contributed by atoms with E-state index < -0.39 is 15.2 Å². The molecule has 1 fully saturated rings. The number of thioether (sulfide) groups is 1. The highest BCUT2D eigenvalue weighted by Crippen LogP contribution is 2.22. The van der Waals surface area contributed by atoms with Gasteiger partial charge in [0.15, 0.2) is 9.84 Å². The summed E-state index contributed by atoms with van der Waals surface area (Å²) in [5.74, 6) is 0.933. The van der Waals surface area contributed by atoms with E-state index in [1.54, 1.807) is 36.0 Å². The number of rotatable bonds is 2. The fourth-order valence-corrected chi connectivity index (χ4v) is 4.77. The van der Waals surface area contributed by atoms with Crippen molar-refractivity contribution < 1.29 is 13.2 Å². The Balaban J connectivity index is 2.27. The molecule has 0 radical (unpaired) electrons. The highest BCUT2D eigenvalue weighted by atomic mass is 32.2. The zero-order valence-electron chi connectivity index (χ0n) is 10.6. The van der Waals surface area contributed by atoms with Crippen molar-refractivity contribution in [1.82, 2.24) is 4.90 Å². The van der Waals surface area contributed by atoms with Crippen LogP contribution in [0.1, 0.15) is 10.4 Å². The van der Waals surface area contributed by atoms with Crippen LogP contribution in [-0.4, -0.2) is 48.9 Å². The van der Waals surface area contributed by atoms with E-state index in [4.69, 9.17) is 5.73 Å². The molecule has 1 unspecified atom stereocenters. The zero-order valence-corrected chi connectivity index (χ0v) is 12.2. The van der Waals surface area contributed by atoms with Crippen molar-refractivity contribution in [2.45, 2.75) is 5.37 Å². The normalized spacial score (nSPS) is 20.3. The average molecular weight is 300 g/mol. The number of hydrogen-bond donors (Lipinski definition) is 1. The third kappa shape index (κ3) is 3.22. The number of nitrogens with zero attached hydrogens (tertiary/aromatic N) is 1. The van der Waals surface area contributed by atoms with Crippen LogP contribution >= 0.6 is 11.8 Å². The summed E-state index contributed by atoms with van der Waals surface area (Å²) >= 11 is 1.56. The third-order valence-corrected chi connectivity index (χ3v) is 5.64. The quantitative estimate of drug-likeness (QED) is 0.818. The Labute approximate surface area is 117 Å². The van der Waals surface area contributed by atoms with Crippen LogP contribution in [0.25, 0.3) is 0 Å². The first-order valence-corrected chi connectivity index (χ1v) is 8.93. The molecule has 0 saturated carbocycles. The van der Waals surface area contributed by atoms with Crippen LogP contribution in [0.4, 0.5) is 5.69 Å². The third-order valence-electron chi connectivity index (χ3n) is 3.00. The smallest absolute Gasteiger partial charge is 0.254 e. The predicted octanol–water partition coefficient (Wildman–Crippen LogP) is 0.828. The summed E-state index contributed by atoms with van der Waals surface area (Å²) in [6, 6.07) is 6.53. The van der Waals surface area contributed by atoms with Crippen molar-refractivity contribution in [2.24, 2.45) is 0 Å². The molecule has 1 aliphatic heterocycles. The van der Waals surface area contributed by atoms with Crippen LogP contribution in [0.2, 0.25) is 0 Å². The fraction of sp³-hybridized carbons (Fsp3) is 0.417. The Hall–Kier alpha value is -1.21. The highest BCUT2D eigenvalue weighted by Gasteiger charge is 2.34. The molecule has 2 N–H and O–H groups in total. The summed E-state index contributed by atoms with van der Waals surface area (Å²) in [6.45, 7) is 0.450. The lowest BCUT2D eigenvalue weighted by Gasteiger charge is -2.34. The molecule has 1 amide bonds. The first kappa shape index (κ1) is 14.2. The van der Waals surface area contributed by atoms with E-state index in [1.807, 2.05) is 0 Å². The zero-order chi connectivity index (χ0) is 14.0. The molecule has 0 bridgehead atoms. The Morgan fingerprint density at radius 2 is 2.00 bits per heavy atom. The van der Waals surface area contributed by atoms with Gasteiger partial charge in [0.25, 0.3) is 5.91 Å². The lowest BCUT2D eigenvalue weighted by Crippen LogP contribution is -2.49. The van der Waals surface area contributed by atoms with Gasteiger partial charge in [-0.3, -0.25) is 4.79 Å². The van der Waals surface area contributed by atoms with Crippen molar-refractivity contribution in [1.29, 1.82) is 0 Å². The van der Waals surface area contributed by atoms with Gasteiger partial charge in [-0.1, -0.05) is 0 Å². The van der Waals surface area contributed by atoms with Gasteiger partial charge in [0, 0.05) is 35.6 Å². The molecule has 1 aromatic carbocycles. The van der Waals surface area contributed by atoms with Gasteiger partial charge in [-0.15, -0.1) is 0 Å². The first-order valence-electron chi connectivity index (χ1n) is 5.83. The van der Waals surface area contributed by atoms with E-state index in [0.29, 0.717) is 23.5 Å².